The lowest BCUT2D eigenvalue weighted by Crippen LogP contribution is -2.52. The standard InChI is InChI=1S/C20H26O5/c1-4-7-20-9-15(23-3)18(21)17(19(20)22)16(11(20)2)12-5-6-13-14(8-12)25-10-24-13/h4-6,8,11,15-19,21-22H,1,7,9-10H2,2-3H3/t11-,15+,16+,17-,18+,19-,20-/m0/s1. The number of hydrogen-bond acceptors (Lipinski definition) is 5. The summed E-state index contributed by atoms with van der Waals surface area (Å²) in [7, 11) is 1.63. The Morgan fingerprint density at radius 3 is 2.80 bits per heavy atom. The van der Waals surface area contributed by atoms with Gasteiger partial charge in [-0.1, -0.05) is 19.1 Å². The molecule has 2 bridgehead atoms. The third kappa shape index (κ3) is 2.26. The van der Waals surface area contributed by atoms with Crippen LogP contribution in [0.25, 0.3) is 0 Å². The average Bonchev–Trinajstić information content (AvgIpc) is 3.13. The van der Waals surface area contributed by atoms with Gasteiger partial charge in [0.25, 0.3) is 0 Å². The van der Waals surface area contributed by atoms with Gasteiger partial charge < -0.3 is 24.4 Å². The van der Waals surface area contributed by atoms with Crippen LogP contribution in [-0.4, -0.2) is 42.4 Å². The second-order valence-corrected chi connectivity index (χ2v) is 7.64. The summed E-state index contributed by atoms with van der Waals surface area (Å²) in [6.45, 7) is 6.31. The SMILES string of the molecule is C=CC[C@]12C[C@@H](OC)[C@@H](O)[C@H]([C@@H](c3ccc4c(c3)OCO4)[C@@H]1C)[C@@H]2O. The topological polar surface area (TPSA) is 68.2 Å². The number of aliphatic hydroxyl groups is 2. The van der Waals surface area contributed by atoms with Crippen molar-refractivity contribution in [1.82, 2.24) is 0 Å². The van der Waals surface area contributed by atoms with Crippen LogP contribution in [0.5, 0.6) is 11.5 Å². The van der Waals surface area contributed by atoms with Crippen LogP contribution < -0.4 is 9.47 Å². The fraction of sp³-hybridized carbons (Fsp3) is 0.600. The number of rotatable bonds is 4. The molecule has 2 saturated carbocycles. The molecule has 2 fully saturated rings. The van der Waals surface area contributed by atoms with E-state index in [9.17, 15) is 10.2 Å². The van der Waals surface area contributed by atoms with Gasteiger partial charge >= 0.3 is 0 Å². The zero-order valence-corrected chi connectivity index (χ0v) is 14.7. The van der Waals surface area contributed by atoms with Gasteiger partial charge in [-0.15, -0.1) is 6.58 Å². The molecule has 1 aromatic carbocycles. The van der Waals surface area contributed by atoms with E-state index >= 15 is 0 Å². The lowest BCUT2D eigenvalue weighted by molar-refractivity contribution is -0.143. The highest BCUT2D eigenvalue weighted by Gasteiger charge is 2.64. The highest BCUT2D eigenvalue weighted by molar-refractivity contribution is 5.46. The predicted molar refractivity (Wildman–Crippen MR) is 92.6 cm³/mol. The van der Waals surface area contributed by atoms with Gasteiger partial charge in [-0.05, 0) is 42.4 Å². The molecule has 0 saturated heterocycles. The molecule has 0 amide bonds. The molecule has 0 unspecified atom stereocenters. The first kappa shape index (κ1) is 16.9. The van der Waals surface area contributed by atoms with Crippen molar-refractivity contribution in [1.29, 1.82) is 0 Å². The number of benzene rings is 1. The second kappa shape index (κ2) is 6.01. The molecule has 5 heteroatoms. The van der Waals surface area contributed by atoms with Gasteiger partial charge in [0.2, 0.25) is 6.79 Å². The van der Waals surface area contributed by atoms with Crippen molar-refractivity contribution in [2.75, 3.05) is 13.9 Å². The van der Waals surface area contributed by atoms with E-state index in [-0.39, 0.29) is 36.1 Å². The summed E-state index contributed by atoms with van der Waals surface area (Å²) in [5.41, 5.74) is 0.746. The van der Waals surface area contributed by atoms with E-state index in [2.05, 4.69) is 13.5 Å². The van der Waals surface area contributed by atoms with Crippen molar-refractivity contribution >= 4 is 0 Å². The van der Waals surface area contributed by atoms with Gasteiger partial charge in [-0.3, -0.25) is 0 Å². The lowest BCUT2D eigenvalue weighted by Gasteiger charge is -2.45. The largest absolute Gasteiger partial charge is 0.454 e. The highest BCUT2D eigenvalue weighted by Crippen LogP contribution is 2.63. The minimum Gasteiger partial charge on any atom is -0.454 e. The Kier molecular flexibility index (Phi) is 4.06. The minimum absolute atomic E-state index is 0.0274. The molecule has 2 N–H and O–H groups in total. The van der Waals surface area contributed by atoms with Gasteiger partial charge in [0.05, 0.1) is 18.3 Å². The van der Waals surface area contributed by atoms with Crippen LogP contribution in [0.2, 0.25) is 0 Å². The van der Waals surface area contributed by atoms with E-state index in [0.29, 0.717) is 12.8 Å². The maximum atomic E-state index is 11.2. The van der Waals surface area contributed by atoms with E-state index in [1.54, 1.807) is 7.11 Å². The number of ether oxygens (including phenoxy) is 3. The molecule has 4 rings (SSSR count). The molecule has 1 aliphatic heterocycles. The lowest BCUT2D eigenvalue weighted by atomic mass is 9.66. The Bertz CT molecular complexity index is 674. The first-order valence-electron chi connectivity index (χ1n) is 8.93. The Balaban J connectivity index is 1.79. The van der Waals surface area contributed by atoms with Crippen LogP contribution in [0.1, 0.15) is 31.2 Å². The molecule has 7 atom stereocenters. The van der Waals surface area contributed by atoms with E-state index in [1.807, 2.05) is 24.3 Å². The molecule has 2 aliphatic carbocycles. The van der Waals surface area contributed by atoms with Gasteiger partial charge in [-0.25, -0.2) is 0 Å². The van der Waals surface area contributed by atoms with Crippen molar-refractivity contribution in [3.8, 4) is 11.5 Å². The number of methoxy groups -OCH3 is 1. The van der Waals surface area contributed by atoms with Gasteiger partial charge in [0.15, 0.2) is 11.5 Å². The molecule has 25 heavy (non-hydrogen) atoms. The molecule has 3 aliphatic rings. The van der Waals surface area contributed by atoms with Crippen LogP contribution in [-0.2, 0) is 4.74 Å². The first-order chi connectivity index (χ1) is 12.0. The van der Waals surface area contributed by atoms with Crippen LogP contribution >= 0.6 is 0 Å². The molecule has 1 heterocycles. The van der Waals surface area contributed by atoms with Gasteiger partial charge in [0.1, 0.15) is 0 Å². The Labute approximate surface area is 148 Å². The minimum atomic E-state index is -0.696. The number of allylic oxidation sites excluding steroid dienone is 1. The molecule has 1 aromatic rings. The van der Waals surface area contributed by atoms with Crippen molar-refractivity contribution in [2.24, 2.45) is 17.3 Å². The van der Waals surface area contributed by atoms with E-state index in [0.717, 1.165) is 17.1 Å². The third-order valence-corrected chi connectivity index (χ3v) is 6.78. The normalized spacial score (nSPS) is 41.8. The summed E-state index contributed by atoms with van der Waals surface area (Å²) in [6.07, 6.45) is 1.67. The van der Waals surface area contributed by atoms with Gasteiger partial charge in [0, 0.05) is 18.4 Å². The second-order valence-electron chi connectivity index (χ2n) is 7.64. The molecular formula is C20H26O5. The molecule has 0 aromatic heterocycles. The highest BCUT2D eigenvalue weighted by atomic mass is 16.7. The summed E-state index contributed by atoms with van der Waals surface area (Å²) in [5, 5.41) is 22.0. The summed E-state index contributed by atoms with van der Waals surface area (Å²) < 4.78 is 16.5. The molecule has 0 radical (unpaired) electrons. The quantitative estimate of drug-likeness (QED) is 0.820. The zero-order valence-electron chi connectivity index (χ0n) is 14.7. The van der Waals surface area contributed by atoms with E-state index < -0.39 is 12.2 Å². The van der Waals surface area contributed by atoms with Crippen LogP contribution in [0, 0.1) is 17.3 Å². The van der Waals surface area contributed by atoms with Gasteiger partial charge in [-0.2, -0.15) is 0 Å². The Hall–Kier alpha value is -1.56. The van der Waals surface area contributed by atoms with Crippen LogP contribution in [0.15, 0.2) is 30.9 Å². The van der Waals surface area contributed by atoms with Crippen molar-refractivity contribution in [3.63, 3.8) is 0 Å². The van der Waals surface area contributed by atoms with E-state index in [4.69, 9.17) is 14.2 Å². The summed E-state index contributed by atoms with van der Waals surface area (Å²) in [5.74, 6) is 1.42. The Morgan fingerprint density at radius 2 is 2.08 bits per heavy atom. The molecule has 136 valence electrons. The number of fused-ring (bicyclic) bond motifs is 3. The fourth-order valence-corrected chi connectivity index (χ4v) is 5.50. The molecule has 0 spiro atoms. The van der Waals surface area contributed by atoms with Crippen molar-refractivity contribution < 1.29 is 24.4 Å². The first-order valence-corrected chi connectivity index (χ1v) is 8.93. The third-order valence-electron chi connectivity index (χ3n) is 6.78. The fourth-order valence-electron chi connectivity index (χ4n) is 5.50. The Morgan fingerprint density at radius 1 is 1.32 bits per heavy atom. The van der Waals surface area contributed by atoms with Crippen molar-refractivity contribution in [2.45, 2.75) is 44.0 Å². The maximum Gasteiger partial charge on any atom is 0.231 e. The summed E-state index contributed by atoms with van der Waals surface area (Å²) >= 11 is 0. The monoisotopic (exact) mass is 346 g/mol. The average molecular weight is 346 g/mol. The summed E-state index contributed by atoms with van der Waals surface area (Å²) in [4.78, 5) is 0. The van der Waals surface area contributed by atoms with Crippen LogP contribution in [0.3, 0.4) is 0 Å². The smallest absolute Gasteiger partial charge is 0.231 e. The maximum absolute atomic E-state index is 11.2. The number of hydrogen-bond donors (Lipinski definition) is 2. The molecular weight excluding hydrogens is 320 g/mol. The van der Waals surface area contributed by atoms with Crippen LogP contribution in [0.4, 0.5) is 0 Å². The van der Waals surface area contributed by atoms with Crippen molar-refractivity contribution in [3.05, 3.63) is 36.4 Å². The molecule has 5 nitrogen and oxygen atoms in total. The zero-order chi connectivity index (χ0) is 17.8. The number of aliphatic hydroxyl groups excluding tert-OH is 2. The predicted octanol–water partition coefficient (Wildman–Crippen LogP) is 2.47. The van der Waals surface area contributed by atoms with E-state index in [1.165, 1.54) is 0 Å². The summed E-state index contributed by atoms with van der Waals surface area (Å²) in [6, 6.07) is 5.94.